The predicted octanol–water partition coefficient (Wildman–Crippen LogP) is 3.68. The SMILES string of the molecule is O=C(NCCc1cn2cc(-c3ccoc3)cc(C(F)(F)F)c2n1)C1CC1. The number of hydrogen-bond donors (Lipinski definition) is 1. The summed E-state index contributed by atoms with van der Waals surface area (Å²) in [6, 6.07) is 2.68. The molecule has 0 aromatic carbocycles. The number of carbonyl (C=O) groups excluding carboxylic acids is 1. The van der Waals surface area contributed by atoms with Gasteiger partial charge >= 0.3 is 6.18 Å². The van der Waals surface area contributed by atoms with Gasteiger partial charge in [-0.1, -0.05) is 0 Å². The average molecular weight is 363 g/mol. The van der Waals surface area contributed by atoms with Crippen LogP contribution in [0.25, 0.3) is 16.8 Å². The number of carbonyl (C=O) groups is 1. The molecule has 8 heteroatoms. The maximum atomic E-state index is 13.5. The van der Waals surface area contributed by atoms with Crippen LogP contribution >= 0.6 is 0 Å². The van der Waals surface area contributed by atoms with E-state index in [1.54, 1.807) is 18.5 Å². The molecule has 3 heterocycles. The molecule has 5 nitrogen and oxygen atoms in total. The molecule has 1 N–H and O–H groups in total. The smallest absolute Gasteiger partial charge is 0.420 e. The lowest BCUT2D eigenvalue weighted by Crippen LogP contribution is -2.26. The van der Waals surface area contributed by atoms with Crippen LogP contribution < -0.4 is 5.32 Å². The maximum absolute atomic E-state index is 13.5. The summed E-state index contributed by atoms with van der Waals surface area (Å²) in [6.45, 7) is 0.356. The Kier molecular flexibility index (Phi) is 3.97. The number of nitrogens with zero attached hydrogens (tertiary/aromatic N) is 2. The first-order valence-corrected chi connectivity index (χ1v) is 8.31. The van der Waals surface area contributed by atoms with E-state index < -0.39 is 11.7 Å². The lowest BCUT2D eigenvalue weighted by atomic mass is 10.1. The Balaban J connectivity index is 1.63. The minimum atomic E-state index is -4.52. The van der Waals surface area contributed by atoms with Crippen LogP contribution in [0.15, 0.2) is 41.5 Å². The molecule has 1 saturated carbocycles. The Morgan fingerprint density at radius 1 is 1.31 bits per heavy atom. The number of fused-ring (bicyclic) bond motifs is 1. The summed E-state index contributed by atoms with van der Waals surface area (Å²) in [6.07, 6.45) is 3.63. The number of imidazole rings is 1. The van der Waals surface area contributed by atoms with Crippen LogP contribution in [-0.4, -0.2) is 21.8 Å². The largest absolute Gasteiger partial charge is 0.472 e. The number of hydrogen-bond acceptors (Lipinski definition) is 3. The number of furan rings is 1. The number of rotatable bonds is 5. The van der Waals surface area contributed by atoms with Crippen molar-refractivity contribution >= 4 is 11.6 Å². The minimum absolute atomic E-state index is 0.00647. The molecular weight excluding hydrogens is 347 g/mol. The first-order chi connectivity index (χ1) is 12.4. The Morgan fingerprint density at radius 3 is 2.77 bits per heavy atom. The zero-order valence-electron chi connectivity index (χ0n) is 13.7. The number of halogens is 3. The highest BCUT2D eigenvalue weighted by molar-refractivity contribution is 5.80. The van der Waals surface area contributed by atoms with Gasteiger partial charge in [0.15, 0.2) is 0 Å². The first-order valence-electron chi connectivity index (χ1n) is 8.31. The Labute approximate surface area is 146 Å². The summed E-state index contributed by atoms with van der Waals surface area (Å²) >= 11 is 0. The van der Waals surface area contributed by atoms with E-state index in [0.717, 1.165) is 18.9 Å². The van der Waals surface area contributed by atoms with Gasteiger partial charge in [0, 0.05) is 42.4 Å². The summed E-state index contributed by atoms with van der Waals surface area (Å²) in [7, 11) is 0. The standard InChI is InChI=1S/C18H16F3N3O2/c19-18(20,21)15-7-13(12-4-6-26-10-12)8-24-9-14(23-16(15)24)3-5-22-17(25)11-1-2-11/h4,6-11H,1-3,5H2,(H,22,25). The van der Waals surface area contributed by atoms with Crippen LogP contribution in [0.1, 0.15) is 24.1 Å². The van der Waals surface area contributed by atoms with Gasteiger partial charge in [-0.2, -0.15) is 13.2 Å². The second kappa shape index (κ2) is 6.19. The fourth-order valence-electron chi connectivity index (χ4n) is 2.87. The number of alkyl halides is 3. The van der Waals surface area contributed by atoms with Gasteiger partial charge in [0.1, 0.15) is 5.65 Å². The number of pyridine rings is 1. The first kappa shape index (κ1) is 16.7. The molecule has 0 atom stereocenters. The van der Waals surface area contributed by atoms with Crippen LogP contribution in [0.4, 0.5) is 13.2 Å². The van der Waals surface area contributed by atoms with Gasteiger partial charge < -0.3 is 14.1 Å². The lowest BCUT2D eigenvalue weighted by Gasteiger charge is -2.10. The Bertz CT molecular complexity index is 941. The van der Waals surface area contributed by atoms with Crippen LogP contribution in [0.3, 0.4) is 0 Å². The van der Waals surface area contributed by atoms with E-state index in [2.05, 4.69) is 10.3 Å². The third-order valence-electron chi connectivity index (χ3n) is 4.39. The highest BCUT2D eigenvalue weighted by Gasteiger charge is 2.35. The van der Waals surface area contributed by atoms with Crippen LogP contribution in [0, 0.1) is 5.92 Å². The van der Waals surface area contributed by atoms with Crippen LogP contribution in [0.5, 0.6) is 0 Å². The van der Waals surface area contributed by atoms with Crippen molar-refractivity contribution in [2.75, 3.05) is 6.54 Å². The second-order valence-electron chi connectivity index (χ2n) is 6.43. The molecule has 1 amide bonds. The average Bonchev–Trinajstić information content (AvgIpc) is 3.13. The Hall–Kier alpha value is -2.77. The van der Waals surface area contributed by atoms with E-state index in [9.17, 15) is 18.0 Å². The maximum Gasteiger partial charge on any atom is 0.420 e. The molecular formula is C18H16F3N3O2. The molecule has 1 aliphatic carbocycles. The van der Waals surface area contributed by atoms with Crippen molar-refractivity contribution in [2.45, 2.75) is 25.4 Å². The highest BCUT2D eigenvalue weighted by Crippen LogP contribution is 2.35. The van der Waals surface area contributed by atoms with Crippen LogP contribution in [0.2, 0.25) is 0 Å². The van der Waals surface area contributed by atoms with Crippen molar-refractivity contribution in [2.24, 2.45) is 5.92 Å². The third kappa shape index (κ3) is 3.31. The third-order valence-corrected chi connectivity index (χ3v) is 4.39. The molecule has 1 fully saturated rings. The summed E-state index contributed by atoms with van der Waals surface area (Å²) in [5, 5.41) is 2.79. The van der Waals surface area contributed by atoms with E-state index in [1.807, 2.05) is 0 Å². The molecule has 4 rings (SSSR count). The molecule has 136 valence electrons. The van der Waals surface area contributed by atoms with Crippen LogP contribution in [-0.2, 0) is 17.4 Å². The fraction of sp³-hybridized carbons (Fsp3) is 0.333. The Morgan fingerprint density at radius 2 is 2.12 bits per heavy atom. The van der Waals surface area contributed by atoms with Crippen molar-refractivity contribution in [3.63, 3.8) is 0 Å². The van der Waals surface area contributed by atoms with Crippen molar-refractivity contribution in [3.8, 4) is 11.1 Å². The highest BCUT2D eigenvalue weighted by atomic mass is 19.4. The molecule has 3 aromatic rings. The van der Waals surface area contributed by atoms with Crippen molar-refractivity contribution in [3.05, 3.63) is 48.3 Å². The van der Waals surface area contributed by atoms with Gasteiger partial charge in [0.25, 0.3) is 0 Å². The number of aromatic nitrogens is 2. The van der Waals surface area contributed by atoms with Gasteiger partial charge in [-0.15, -0.1) is 0 Å². The molecule has 0 unspecified atom stereocenters. The number of nitrogens with one attached hydrogen (secondary N) is 1. The molecule has 1 aliphatic rings. The summed E-state index contributed by atoms with van der Waals surface area (Å²) in [5.41, 5.74) is 0.502. The van der Waals surface area contributed by atoms with E-state index in [4.69, 9.17) is 4.42 Å². The van der Waals surface area contributed by atoms with E-state index in [0.29, 0.717) is 29.8 Å². The monoisotopic (exact) mass is 363 g/mol. The lowest BCUT2D eigenvalue weighted by molar-refractivity contribution is -0.136. The van der Waals surface area contributed by atoms with Gasteiger partial charge in [0.05, 0.1) is 23.8 Å². The minimum Gasteiger partial charge on any atom is -0.472 e. The number of amides is 1. The summed E-state index contributed by atoms with van der Waals surface area (Å²) in [5.74, 6) is 0.109. The second-order valence-corrected chi connectivity index (χ2v) is 6.43. The van der Waals surface area contributed by atoms with Gasteiger partial charge in [-0.3, -0.25) is 4.79 Å². The fourth-order valence-corrected chi connectivity index (χ4v) is 2.87. The zero-order valence-corrected chi connectivity index (χ0v) is 13.7. The predicted molar refractivity (Wildman–Crippen MR) is 87.3 cm³/mol. The van der Waals surface area contributed by atoms with Gasteiger partial charge in [0.2, 0.25) is 5.91 Å². The molecule has 0 bridgehead atoms. The van der Waals surface area contributed by atoms with E-state index in [1.165, 1.54) is 16.9 Å². The molecule has 0 spiro atoms. The molecule has 26 heavy (non-hydrogen) atoms. The molecule has 0 saturated heterocycles. The van der Waals surface area contributed by atoms with Crippen molar-refractivity contribution in [1.29, 1.82) is 0 Å². The van der Waals surface area contributed by atoms with Crippen molar-refractivity contribution in [1.82, 2.24) is 14.7 Å². The quantitative estimate of drug-likeness (QED) is 0.752. The molecule has 3 aromatic heterocycles. The summed E-state index contributed by atoms with van der Waals surface area (Å²) in [4.78, 5) is 15.8. The van der Waals surface area contributed by atoms with Gasteiger partial charge in [-0.05, 0) is 25.0 Å². The molecule has 0 radical (unpaired) electrons. The normalized spacial score (nSPS) is 14.7. The zero-order chi connectivity index (χ0) is 18.3. The summed E-state index contributed by atoms with van der Waals surface area (Å²) < 4.78 is 46.7. The van der Waals surface area contributed by atoms with E-state index >= 15 is 0 Å². The van der Waals surface area contributed by atoms with Gasteiger partial charge in [-0.25, -0.2) is 4.98 Å². The topological polar surface area (TPSA) is 59.5 Å². The molecule has 0 aliphatic heterocycles. The van der Waals surface area contributed by atoms with Crippen molar-refractivity contribution < 1.29 is 22.4 Å². The van der Waals surface area contributed by atoms with E-state index in [-0.39, 0.29) is 17.5 Å².